The molecule has 0 radical (unpaired) electrons. The summed E-state index contributed by atoms with van der Waals surface area (Å²) >= 11 is 0. The third-order valence-corrected chi connectivity index (χ3v) is 8.88. The highest BCUT2D eigenvalue weighted by atomic mass is 16.5. The van der Waals surface area contributed by atoms with Crippen LogP contribution in [-0.4, -0.2) is 67.6 Å². The molecular weight excluding hydrogens is 528 g/mol. The van der Waals surface area contributed by atoms with Crippen molar-refractivity contribution in [1.29, 1.82) is 5.26 Å². The summed E-state index contributed by atoms with van der Waals surface area (Å²) in [4.78, 5) is 21.1. The Kier molecular flexibility index (Phi) is 8.20. The van der Waals surface area contributed by atoms with Crippen LogP contribution in [0, 0.1) is 11.3 Å². The highest BCUT2D eigenvalue weighted by molar-refractivity contribution is 5.70. The van der Waals surface area contributed by atoms with Gasteiger partial charge in [0.15, 0.2) is 0 Å². The zero-order chi connectivity index (χ0) is 29.1. The van der Waals surface area contributed by atoms with Crippen LogP contribution in [-0.2, 0) is 17.6 Å². The smallest absolute Gasteiger partial charge is 0.259 e. The first-order valence-corrected chi connectivity index (χ1v) is 15.1. The molecule has 42 heavy (non-hydrogen) atoms. The summed E-state index contributed by atoms with van der Waals surface area (Å²) in [6.45, 7) is 5.87. The van der Waals surface area contributed by atoms with Crippen molar-refractivity contribution in [2.24, 2.45) is 0 Å². The van der Waals surface area contributed by atoms with Crippen LogP contribution in [0.1, 0.15) is 67.5 Å². The quantitative estimate of drug-likeness (QED) is 0.341. The maximum absolute atomic E-state index is 14.3. The summed E-state index contributed by atoms with van der Waals surface area (Å²) in [6.07, 6.45) is 6.33. The molecule has 1 saturated carbocycles. The van der Waals surface area contributed by atoms with Gasteiger partial charge in [0.05, 0.1) is 36.1 Å². The molecule has 2 aromatic carbocycles. The molecule has 1 aliphatic carbocycles. The SMILES string of the molecule is CCCc1c(Cc2ccc(-c3ccccc3C#N)cc2)c(=O)n(C2CCC(O)(CN3CCOCC3)CC2)c2ncnn12. The molecule has 0 amide bonds. The number of nitrogens with zero attached hydrogens (tertiary/aromatic N) is 6. The van der Waals surface area contributed by atoms with Gasteiger partial charge in [-0.3, -0.25) is 14.3 Å². The normalized spacial score (nSPS) is 21.4. The van der Waals surface area contributed by atoms with Gasteiger partial charge in [-0.1, -0.05) is 55.8 Å². The van der Waals surface area contributed by atoms with Gasteiger partial charge in [0, 0.05) is 37.7 Å². The van der Waals surface area contributed by atoms with E-state index in [1.165, 1.54) is 6.33 Å². The number of hydrogen-bond acceptors (Lipinski definition) is 7. The summed E-state index contributed by atoms with van der Waals surface area (Å²) in [7, 11) is 0. The fourth-order valence-corrected chi connectivity index (χ4v) is 6.65. The van der Waals surface area contributed by atoms with E-state index in [1.54, 1.807) is 0 Å². The van der Waals surface area contributed by atoms with Crippen LogP contribution in [0.3, 0.4) is 0 Å². The zero-order valence-corrected chi connectivity index (χ0v) is 24.2. The number of nitriles is 1. The van der Waals surface area contributed by atoms with Gasteiger partial charge in [0.1, 0.15) is 6.33 Å². The molecule has 2 aromatic heterocycles. The number of rotatable bonds is 8. The molecule has 0 spiro atoms. The van der Waals surface area contributed by atoms with Crippen LogP contribution >= 0.6 is 0 Å². The summed E-state index contributed by atoms with van der Waals surface area (Å²) in [5.41, 5.74) is 4.42. The number of fused-ring (bicyclic) bond motifs is 1. The number of β-amino-alcohol motifs (C(OH)–C–C–N with tert-alkyl or cyclic N) is 1. The number of aliphatic hydroxyl groups is 1. The van der Waals surface area contributed by atoms with Crippen LogP contribution in [0.5, 0.6) is 0 Å². The van der Waals surface area contributed by atoms with Crippen molar-refractivity contribution in [3.8, 4) is 17.2 Å². The molecule has 2 aliphatic rings. The molecule has 0 unspecified atom stereocenters. The second kappa shape index (κ2) is 12.2. The van der Waals surface area contributed by atoms with Gasteiger partial charge in [-0.15, -0.1) is 0 Å². The monoisotopic (exact) mass is 566 g/mol. The predicted molar refractivity (Wildman–Crippen MR) is 160 cm³/mol. The fourth-order valence-electron chi connectivity index (χ4n) is 6.65. The Balaban J connectivity index is 1.30. The fraction of sp³-hybridized carbons (Fsp3) is 0.455. The van der Waals surface area contributed by atoms with Crippen LogP contribution < -0.4 is 5.56 Å². The van der Waals surface area contributed by atoms with Crippen LogP contribution in [0.15, 0.2) is 59.7 Å². The van der Waals surface area contributed by atoms with Crippen molar-refractivity contribution in [3.63, 3.8) is 0 Å². The Morgan fingerprint density at radius 3 is 2.55 bits per heavy atom. The Morgan fingerprint density at radius 1 is 1.10 bits per heavy atom. The van der Waals surface area contributed by atoms with E-state index in [1.807, 2.05) is 57.6 Å². The molecular formula is C33H38N6O3. The number of aryl methyl sites for hydroxylation is 1. The first kappa shape index (κ1) is 28.3. The van der Waals surface area contributed by atoms with Gasteiger partial charge in [0.2, 0.25) is 5.78 Å². The van der Waals surface area contributed by atoms with Crippen LogP contribution in [0.4, 0.5) is 0 Å². The lowest BCUT2D eigenvalue weighted by Gasteiger charge is -2.40. The Labute approximate surface area is 246 Å². The largest absolute Gasteiger partial charge is 0.389 e. The third kappa shape index (κ3) is 5.62. The number of hydrogen-bond donors (Lipinski definition) is 1. The van der Waals surface area contributed by atoms with Crippen LogP contribution in [0.25, 0.3) is 16.9 Å². The molecule has 6 rings (SSSR count). The molecule has 9 heteroatoms. The van der Waals surface area contributed by atoms with E-state index in [4.69, 9.17) is 4.74 Å². The molecule has 3 heterocycles. The summed E-state index contributed by atoms with van der Waals surface area (Å²) in [5, 5.41) is 25.5. The average molecular weight is 567 g/mol. The molecule has 0 atom stereocenters. The Hall–Kier alpha value is -3.84. The van der Waals surface area contributed by atoms with Gasteiger partial charge in [-0.25, -0.2) is 4.52 Å². The Morgan fingerprint density at radius 2 is 1.83 bits per heavy atom. The summed E-state index contributed by atoms with van der Waals surface area (Å²) in [5.74, 6) is 0.583. The summed E-state index contributed by atoms with van der Waals surface area (Å²) < 4.78 is 9.17. The number of benzene rings is 2. The Bertz CT molecular complexity index is 1640. The molecule has 0 bridgehead atoms. The lowest BCUT2D eigenvalue weighted by molar-refractivity contribution is -0.0569. The maximum atomic E-state index is 14.3. The van der Waals surface area contributed by atoms with Gasteiger partial charge < -0.3 is 9.84 Å². The molecule has 1 N–H and O–H groups in total. The molecule has 9 nitrogen and oxygen atoms in total. The highest BCUT2D eigenvalue weighted by Gasteiger charge is 2.37. The van der Waals surface area contributed by atoms with Crippen LogP contribution in [0.2, 0.25) is 0 Å². The minimum absolute atomic E-state index is 0.0125. The number of ether oxygens (including phenoxy) is 1. The lowest BCUT2D eigenvalue weighted by Crippen LogP contribution is -2.49. The first-order valence-electron chi connectivity index (χ1n) is 15.1. The standard InChI is InChI=1S/C33H38N6O3/c1-2-5-30-29(20-24-8-10-25(11-9-24)28-7-4-3-6-26(28)21-34)31(40)38(32-35-23-36-39(30)32)27-12-14-33(41,15-13-27)22-37-16-18-42-19-17-37/h3-4,6-11,23,27,41H,2,5,12-20,22H2,1H3. The first-order chi connectivity index (χ1) is 20.5. The van der Waals surface area contributed by atoms with Crippen molar-refractivity contribution < 1.29 is 9.84 Å². The van der Waals surface area contributed by atoms with Crippen molar-refractivity contribution in [2.75, 3.05) is 32.8 Å². The van der Waals surface area contributed by atoms with E-state index < -0.39 is 5.60 Å². The molecule has 1 saturated heterocycles. The second-order valence-electron chi connectivity index (χ2n) is 11.7. The van der Waals surface area contributed by atoms with Crippen molar-refractivity contribution >= 4 is 5.78 Å². The second-order valence-corrected chi connectivity index (χ2v) is 11.7. The van der Waals surface area contributed by atoms with E-state index in [2.05, 4.69) is 28.0 Å². The number of morpholine rings is 1. The molecule has 1 aliphatic heterocycles. The predicted octanol–water partition coefficient (Wildman–Crippen LogP) is 4.15. The lowest BCUT2D eigenvalue weighted by atomic mass is 9.81. The van der Waals surface area contributed by atoms with Crippen molar-refractivity contribution in [3.05, 3.63) is 87.6 Å². The van der Waals surface area contributed by atoms with Gasteiger partial charge in [0.25, 0.3) is 5.56 Å². The van der Waals surface area contributed by atoms with Gasteiger partial charge in [-0.05, 0) is 54.9 Å². The van der Waals surface area contributed by atoms with E-state index in [0.29, 0.717) is 63.2 Å². The minimum Gasteiger partial charge on any atom is -0.389 e. The van der Waals surface area contributed by atoms with Crippen molar-refractivity contribution in [1.82, 2.24) is 24.1 Å². The molecule has 4 aromatic rings. The van der Waals surface area contributed by atoms with E-state index in [0.717, 1.165) is 53.9 Å². The zero-order valence-electron chi connectivity index (χ0n) is 24.2. The maximum Gasteiger partial charge on any atom is 0.259 e. The van der Waals surface area contributed by atoms with Crippen molar-refractivity contribution in [2.45, 2.75) is 63.5 Å². The van der Waals surface area contributed by atoms with Gasteiger partial charge in [-0.2, -0.15) is 15.3 Å². The highest BCUT2D eigenvalue weighted by Crippen LogP contribution is 2.36. The number of aromatic nitrogens is 4. The third-order valence-electron chi connectivity index (χ3n) is 8.88. The van der Waals surface area contributed by atoms with E-state index in [-0.39, 0.29) is 11.6 Å². The minimum atomic E-state index is -0.752. The van der Waals surface area contributed by atoms with E-state index in [9.17, 15) is 15.2 Å². The summed E-state index contributed by atoms with van der Waals surface area (Å²) in [6, 6.07) is 17.9. The molecule has 2 fully saturated rings. The van der Waals surface area contributed by atoms with Gasteiger partial charge >= 0.3 is 0 Å². The van der Waals surface area contributed by atoms with E-state index >= 15 is 0 Å². The average Bonchev–Trinajstić information content (AvgIpc) is 3.50. The molecule has 218 valence electrons. The topological polar surface area (TPSA) is 109 Å².